The lowest BCUT2D eigenvalue weighted by molar-refractivity contribution is -0.141. The normalized spacial score (nSPS) is 25.1. The monoisotopic (exact) mass is 406 g/mol. The minimum Gasteiger partial charge on any atom is -0.383 e. The van der Waals surface area contributed by atoms with E-state index in [-0.39, 0.29) is 5.92 Å². The van der Waals surface area contributed by atoms with Crippen LogP contribution in [0.15, 0.2) is 5.38 Å². The van der Waals surface area contributed by atoms with E-state index >= 15 is 0 Å². The first-order valence-electron chi connectivity index (χ1n) is 10.9. The van der Waals surface area contributed by atoms with E-state index in [0.29, 0.717) is 31.8 Å². The second-order valence-electron chi connectivity index (χ2n) is 8.90. The maximum absolute atomic E-state index is 12.8. The van der Waals surface area contributed by atoms with Crippen LogP contribution >= 0.6 is 11.3 Å². The molecule has 1 aliphatic carbocycles. The molecule has 0 spiro atoms. The number of hydrogen-bond donors (Lipinski definition) is 1. The van der Waals surface area contributed by atoms with Crippen molar-refractivity contribution in [2.45, 2.75) is 57.1 Å². The zero-order valence-corrected chi connectivity index (χ0v) is 17.9. The van der Waals surface area contributed by atoms with Crippen LogP contribution in [0.5, 0.6) is 0 Å². The SMILES string of the molecule is CN1CCN(Cc2nc(C3(O)CCN(C(=O)C4CCCCC4)CC3)cs2)CC1. The first-order valence-corrected chi connectivity index (χ1v) is 11.8. The Hall–Kier alpha value is -1.02. The highest BCUT2D eigenvalue weighted by molar-refractivity contribution is 7.09. The number of hydrogen-bond acceptors (Lipinski definition) is 6. The summed E-state index contributed by atoms with van der Waals surface area (Å²) in [5.41, 5.74) is -0.0633. The minimum atomic E-state index is -0.875. The van der Waals surface area contributed by atoms with Crippen LogP contribution in [0.1, 0.15) is 55.6 Å². The van der Waals surface area contributed by atoms with Crippen LogP contribution in [0, 0.1) is 5.92 Å². The zero-order valence-electron chi connectivity index (χ0n) is 17.1. The molecule has 0 aromatic carbocycles. The quantitative estimate of drug-likeness (QED) is 0.831. The average molecular weight is 407 g/mol. The maximum Gasteiger partial charge on any atom is 0.225 e. The van der Waals surface area contributed by atoms with Crippen LogP contribution in [-0.4, -0.2) is 77.0 Å². The van der Waals surface area contributed by atoms with Crippen LogP contribution in [-0.2, 0) is 16.9 Å². The number of likely N-dealkylation sites (tertiary alicyclic amines) is 1. The molecule has 2 saturated heterocycles. The van der Waals surface area contributed by atoms with E-state index in [9.17, 15) is 9.90 Å². The summed E-state index contributed by atoms with van der Waals surface area (Å²) in [5, 5.41) is 14.3. The fraction of sp³-hybridized carbons (Fsp3) is 0.810. The summed E-state index contributed by atoms with van der Waals surface area (Å²) in [4.78, 5) is 24.3. The van der Waals surface area contributed by atoms with E-state index in [1.807, 2.05) is 10.3 Å². The summed E-state index contributed by atoms with van der Waals surface area (Å²) in [6.07, 6.45) is 6.92. The predicted octanol–water partition coefficient (Wildman–Crippen LogP) is 2.28. The molecule has 156 valence electrons. The highest BCUT2D eigenvalue weighted by Gasteiger charge is 2.38. The van der Waals surface area contributed by atoms with Crippen LogP contribution in [0.4, 0.5) is 0 Å². The standard InChI is InChI=1S/C21H34N4O2S/c1-23-11-13-24(14-12-23)15-19-22-18(16-28-19)21(27)7-9-25(10-8-21)20(26)17-5-3-2-4-6-17/h16-17,27H,2-15H2,1H3. The van der Waals surface area contributed by atoms with Crippen LogP contribution < -0.4 is 0 Å². The van der Waals surface area contributed by atoms with Gasteiger partial charge in [-0.1, -0.05) is 19.3 Å². The Bertz CT molecular complexity index is 657. The topological polar surface area (TPSA) is 59.9 Å². The molecule has 7 heteroatoms. The molecule has 2 aliphatic heterocycles. The molecule has 1 N–H and O–H groups in total. The van der Waals surface area contributed by atoms with Gasteiger partial charge in [-0.15, -0.1) is 11.3 Å². The molecule has 3 heterocycles. The van der Waals surface area contributed by atoms with Crippen molar-refractivity contribution in [1.29, 1.82) is 0 Å². The van der Waals surface area contributed by atoms with Crippen LogP contribution in [0.2, 0.25) is 0 Å². The minimum absolute atomic E-state index is 0.217. The molecule has 1 saturated carbocycles. The summed E-state index contributed by atoms with van der Waals surface area (Å²) >= 11 is 1.66. The van der Waals surface area contributed by atoms with Crippen molar-refractivity contribution in [3.05, 3.63) is 16.1 Å². The van der Waals surface area contributed by atoms with Gasteiger partial charge >= 0.3 is 0 Å². The molecule has 3 fully saturated rings. The van der Waals surface area contributed by atoms with Gasteiger partial charge in [-0.3, -0.25) is 9.69 Å². The Kier molecular flexibility index (Phi) is 6.35. The number of thiazole rings is 1. The summed E-state index contributed by atoms with van der Waals surface area (Å²) in [7, 11) is 2.17. The van der Waals surface area contributed by atoms with E-state index in [0.717, 1.165) is 56.3 Å². The van der Waals surface area contributed by atoms with Gasteiger partial charge in [0.2, 0.25) is 5.91 Å². The Balaban J connectivity index is 1.31. The Morgan fingerprint density at radius 3 is 2.50 bits per heavy atom. The number of aliphatic hydroxyl groups is 1. The number of amides is 1. The predicted molar refractivity (Wildman–Crippen MR) is 111 cm³/mol. The summed E-state index contributed by atoms with van der Waals surface area (Å²) < 4.78 is 0. The molecular formula is C21H34N4O2S. The van der Waals surface area contributed by atoms with Crippen molar-refractivity contribution in [3.8, 4) is 0 Å². The highest BCUT2D eigenvalue weighted by Crippen LogP contribution is 2.35. The van der Waals surface area contributed by atoms with Gasteiger partial charge in [0, 0.05) is 50.6 Å². The third-order valence-electron chi connectivity index (χ3n) is 6.84. The van der Waals surface area contributed by atoms with Gasteiger partial charge in [0.1, 0.15) is 10.6 Å². The molecular weight excluding hydrogens is 372 g/mol. The number of piperazine rings is 1. The molecule has 3 aliphatic rings. The van der Waals surface area contributed by atoms with Gasteiger partial charge < -0.3 is 14.9 Å². The second-order valence-corrected chi connectivity index (χ2v) is 9.84. The highest BCUT2D eigenvalue weighted by atomic mass is 32.1. The second kappa shape index (κ2) is 8.78. The van der Waals surface area contributed by atoms with E-state index in [1.165, 1.54) is 19.3 Å². The van der Waals surface area contributed by atoms with Crippen molar-refractivity contribution in [1.82, 2.24) is 19.7 Å². The van der Waals surface area contributed by atoms with Gasteiger partial charge in [-0.2, -0.15) is 0 Å². The molecule has 0 atom stereocenters. The van der Waals surface area contributed by atoms with Gasteiger partial charge in [0.15, 0.2) is 0 Å². The first kappa shape index (κ1) is 20.3. The van der Waals surface area contributed by atoms with E-state index in [4.69, 9.17) is 4.98 Å². The van der Waals surface area contributed by atoms with Crippen molar-refractivity contribution < 1.29 is 9.90 Å². The lowest BCUT2D eigenvalue weighted by atomic mass is 9.85. The van der Waals surface area contributed by atoms with Gasteiger partial charge in [-0.05, 0) is 32.7 Å². The zero-order chi connectivity index (χ0) is 19.6. The maximum atomic E-state index is 12.8. The molecule has 1 aromatic heterocycles. The molecule has 0 bridgehead atoms. The number of nitrogens with zero attached hydrogens (tertiary/aromatic N) is 4. The molecule has 28 heavy (non-hydrogen) atoms. The molecule has 6 nitrogen and oxygen atoms in total. The molecule has 0 unspecified atom stereocenters. The largest absolute Gasteiger partial charge is 0.383 e. The lowest BCUT2D eigenvalue weighted by Crippen LogP contribution is -2.47. The Labute approximate surface area is 172 Å². The smallest absolute Gasteiger partial charge is 0.225 e. The average Bonchev–Trinajstić information content (AvgIpc) is 3.20. The van der Waals surface area contributed by atoms with Crippen LogP contribution in [0.25, 0.3) is 0 Å². The van der Waals surface area contributed by atoms with E-state index < -0.39 is 5.60 Å². The van der Waals surface area contributed by atoms with E-state index in [1.54, 1.807) is 11.3 Å². The Morgan fingerprint density at radius 2 is 1.82 bits per heavy atom. The number of carbonyl (C=O) groups is 1. The fourth-order valence-electron chi connectivity index (χ4n) is 4.76. The number of carbonyl (C=O) groups excluding carboxylic acids is 1. The third-order valence-corrected chi connectivity index (χ3v) is 7.67. The number of likely N-dealkylation sites (N-methyl/N-ethyl adjacent to an activating group) is 1. The Morgan fingerprint density at radius 1 is 1.14 bits per heavy atom. The summed E-state index contributed by atoms with van der Waals surface area (Å²) in [6.45, 7) is 6.54. The van der Waals surface area contributed by atoms with Crippen molar-refractivity contribution in [3.63, 3.8) is 0 Å². The fourth-order valence-corrected chi connectivity index (χ4v) is 5.68. The van der Waals surface area contributed by atoms with Crippen molar-refractivity contribution in [2.24, 2.45) is 5.92 Å². The van der Waals surface area contributed by atoms with Gasteiger partial charge in [0.25, 0.3) is 0 Å². The van der Waals surface area contributed by atoms with Gasteiger partial charge in [0.05, 0.1) is 12.2 Å². The van der Waals surface area contributed by atoms with Gasteiger partial charge in [-0.25, -0.2) is 4.98 Å². The number of piperidine rings is 1. The van der Waals surface area contributed by atoms with Crippen LogP contribution in [0.3, 0.4) is 0 Å². The van der Waals surface area contributed by atoms with E-state index in [2.05, 4.69) is 16.8 Å². The third kappa shape index (κ3) is 4.58. The summed E-state index contributed by atoms with van der Waals surface area (Å²) in [6, 6.07) is 0. The summed E-state index contributed by atoms with van der Waals surface area (Å²) in [5.74, 6) is 0.533. The molecule has 4 rings (SSSR count). The lowest BCUT2D eigenvalue weighted by Gasteiger charge is -2.39. The van der Waals surface area contributed by atoms with Crippen molar-refractivity contribution in [2.75, 3.05) is 46.3 Å². The number of aromatic nitrogens is 1. The molecule has 0 radical (unpaired) electrons. The first-order chi connectivity index (χ1) is 13.5. The van der Waals surface area contributed by atoms with Crippen molar-refractivity contribution >= 4 is 17.2 Å². The number of rotatable bonds is 4. The molecule has 1 aromatic rings. The molecule has 1 amide bonds.